The Bertz CT molecular complexity index is 625. The van der Waals surface area contributed by atoms with Crippen LogP contribution in [-0.2, 0) is 18.3 Å². The molecule has 6 heteroatoms. The van der Waals surface area contributed by atoms with Crippen molar-refractivity contribution in [2.24, 2.45) is 7.05 Å². The van der Waals surface area contributed by atoms with E-state index in [1.165, 1.54) is 12.1 Å². The van der Waals surface area contributed by atoms with E-state index in [0.717, 1.165) is 0 Å². The van der Waals surface area contributed by atoms with Crippen LogP contribution in [0.2, 0.25) is 0 Å². The fourth-order valence-electron chi connectivity index (χ4n) is 1.78. The van der Waals surface area contributed by atoms with Gasteiger partial charge in [0.1, 0.15) is 21.9 Å². The average Bonchev–Trinajstić information content (AvgIpc) is 2.64. The number of nitrogens with zero attached hydrogens (tertiary/aromatic N) is 2. The Morgan fingerprint density at radius 1 is 1.53 bits per heavy atom. The second-order valence-corrected chi connectivity index (χ2v) is 4.88. The predicted molar refractivity (Wildman–Crippen MR) is 72.3 cm³/mol. The van der Waals surface area contributed by atoms with Gasteiger partial charge in [-0.3, -0.25) is 4.79 Å². The molecule has 0 saturated carbocycles. The third-order valence-electron chi connectivity index (χ3n) is 2.78. The number of halogens is 2. The lowest BCUT2D eigenvalue weighted by molar-refractivity contribution is -0.137. The molecule has 1 heterocycles. The smallest absolute Gasteiger partial charge is 0.303 e. The fourth-order valence-corrected chi connectivity index (χ4v) is 2.31. The number of hydrogen-bond donors (Lipinski definition) is 1. The highest BCUT2D eigenvalue weighted by atomic mass is 79.9. The Kier molecular flexibility index (Phi) is 3.99. The molecule has 0 fully saturated rings. The monoisotopic (exact) mass is 326 g/mol. The lowest BCUT2D eigenvalue weighted by Gasteiger charge is -2.00. The highest BCUT2D eigenvalue weighted by Gasteiger charge is 2.15. The van der Waals surface area contributed by atoms with Gasteiger partial charge in [-0.2, -0.15) is 0 Å². The Balaban J connectivity index is 2.37. The topological polar surface area (TPSA) is 55.1 Å². The first-order chi connectivity index (χ1) is 8.99. The summed E-state index contributed by atoms with van der Waals surface area (Å²) in [5.41, 5.74) is 1.27. The fraction of sp³-hybridized carbons (Fsp3) is 0.231. The minimum absolute atomic E-state index is 0.0138. The van der Waals surface area contributed by atoms with Crippen molar-refractivity contribution in [3.05, 3.63) is 40.5 Å². The van der Waals surface area contributed by atoms with E-state index in [1.54, 1.807) is 23.7 Å². The summed E-state index contributed by atoms with van der Waals surface area (Å²) < 4.78 is 15.7. The second-order valence-electron chi connectivity index (χ2n) is 4.13. The van der Waals surface area contributed by atoms with E-state index in [2.05, 4.69) is 20.9 Å². The number of carboxylic acid groups (broad SMARTS) is 1. The van der Waals surface area contributed by atoms with Crippen LogP contribution >= 0.6 is 15.9 Å². The highest BCUT2D eigenvalue weighted by Crippen LogP contribution is 2.28. The van der Waals surface area contributed by atoms with Crippen LogP contribution in [0.3, 0.4) is 0 Å². The van der Waals surface area contributed by atoms with Gasteiger partial charge in [0, 0.05) is 19.0 Å². The molecule has 100 valence electrons. The summed E-state index contributed by atoms with van der Waals surface area (Å²) in [6.07, 6.45) is 0.347. The van der Waals surface area contributed by atoms with E-state index in [1.807, 2.05) is 0 Å². The minimum atomic E-state index is -0.869. The summed E-state index contributed by atoms with van der Waals surface area (Å²) in [6, 6.07) is 6.14. The number of carboxylic acids is 1. The predicted octanol–water partition coefficient (Wildman–Crippen LogP) is 3.01. The molecule has 1 aromatic carbocycles. The first-order valence-electron chi connectivity index (χ1n) is 5.68. The molecule has 0 bridgehead atoms. The summed E-state index contributed by atoms with van der Waals surface area (Å²) in [5, 5.41) is 8.70. The molecule has 0 aliphatic rings. The van der Waals surface area contributed by atoms with Gasteiger partial charge in [0.2, 0.25) is 0 Å². The lowest BCUT2D eigenvalue weighted by Crippen LogP contribution is -2.03. The van der Waals surface area contributed by atoms with Gasteiger partial charge in [-0.1, -0.05) is 12.1 Å². The van der Waals surface area contributed by atoms with Gasteiger partial charge in [0.25, 0.3) is 0 Å². The van der Waals surface area contributed by atoms with E-state index >= 15 is 0 Å². The van der Waals surface area contributed by atoms with Gasteiger partial charge in [0.15, 0.2) is 0 Å². The number of rotatable bonds is 4. The normalized spacial score (nSPS) is 10.7. The van der Waals surface area contributed by atoms with E-state index in [-0.39, 0.29) is 12.2 Å². The first-order valence-corrected chi connectivity index (χ1v) is 6.47. The Hall–Kier alpha value is -1.69. The van der Waals surface area contributed by atoms with Crippen LogP contribution in [0.1, 0.15) is 12.2 Å². The second kappa shape index (κ2) is 5.52. The van der Waals surface area contributed by atoms with Crippen LogP contribution in [0.25, 0.3) is 11.3 Å². The quantitative estimate of drug-likeness (QED) is 0.939. The maximum absolute atomic E-state index is 13.2. The minimum Gasteiger partial charge on any atom is -0.481 e. The number of hydrogen-bond acceptors (Lipinski definition) is 2. The van der Waals surface area contributed by atoms with Crippen LogP contribution in [0, 0.1) is 5.82 Å². The van der Waals surface area contributed by atoms with Crippen molar-refractivity contribution in [3.8, 4) is 11.3 Å². The molecule has 0 saturated heterocycles. The molecule has 0 amide bonds. The summed E-state index contributed by atoms with van der Waals surface area (Å²) in [6.45, 7) is 0. The third-order valence-corrected chi connectivity index (χ3v) is 3.69. The molecule has 0 radical (unpaired) electrons. The summed E-state index contributed by atoms with van der Waals surface area (Å²) in [7, 11) is 1.79. The average molecular weight is 327 g/mol. The highest BCUT2D eigenvalue weighted by molar-refractivity contribution is 9.10. The molecule has 2 aromatic rings. The molecule has 0 atom stereocenters. The number of imidazole rings is 1. The molecule has 0 aliphatic heterocycles. The van der Waals surface area contributed by atoms with E-state index in [4.69, 9.17) is 5.11 Å². The maximum atomic E-state index is 13.2. The van der Waals surface area contributed by atoms with Crippen molar-refractivity contribution in [1.29, 1.82) is 0 Å². The van der Waals surface area contributed by atoms with Crippen LogP contribution in [-0.4, -0.2) is 20.6 Å². The zero-order valence-electron chi connectivity index (χ0n) is 10.2. The van der Waals surface area contributed by atoms with Crippen LogP contribution in [0.4, 0.5) is 4.39 Å². The SMILES string of the molecule is Cn1c(CCC(=O)O)nc(-c2cccc(F)c2)c1Br. The largest absolute Gasteiger partial charge is 0.481 e. The number of benzene rings is 1. The zero-order chi connectivity index (χ0) is 14.0. The number of aliphatic carboxylic acids is 1. The molecule has 4 nitrogen and oxygen atoms in total. The van der Waals surface area contributed by atoms with Crippen molar-refractivity contribution < 1.29 is 14.3 Å². The number of carbonyl (C=O) groups is 1. The molecule has 0 unspecified atom stereocenters. The first kappa shape index (κ1) is 13.7. The van der Waals surface area contributed by atoms with Crippen molar-refractivity contribution in [2.75, 3.05) is 0 Å². The molecule has 19 heavy (non-hydrogen) atoms. The van der Waals surface area contributed by atoms with Crippen LogP contribution < -0.4 is 0 Å². The molecule has 1 aromatic heterocycles. The summed E-state index contributed by atoms with van der Waals surface area (Å²) in [4.78, 5) is 15.0. The van der Waals surface area contributed by atoms with Gasteiger partial charge >= 0.3 is 5.97 Å². The molecular formula is C13H12BrFN2O2. The van der Waals surface area contributed by atoms with E-state index < -0.39 is 5.97 Å². The van der Waals surface area contributed by atoms with Crippen molar-refractivity contribution in [2.45, 2.75) is 12.8 Å². The van der Waals surface area contributed by atoms with E-state index in [0.29, 0.717) is 28.1 Å². The van der Waals surface area contributed by atoms with Crippen LogP contribution in [0.15, 0.2) is 28.9 Å². The van der Waals surface area contributed by atoms with Gasteiger partial charge in [0.05, 0.1) is 6.42 Å². The van der Waals surface area contributed by atoms with Crippen molar-refractivity contribution >= 4 is 21.9 Å². The lowest BCUT2D eigenvalue weighted by atomic mass is 10.2. The van der Waals surface area contributed by atoms with Crippen molar-refractivity contribution in [3.63, 3.8) is 0 Å². The molecule has 0 aliphatic carbocycles. The van der Waals surface area contributed by atoms with Gasteiger partial charge < -0.3 is 9.67 Å². The van der Waals surface area contributed by atoms with Gasteiger partial charge in [-0.05, 0) is 28.1 Å². The van der Waals surface area contributed by atoms with Gasteiger partial charge in [-0.15, -0.1) is 0 Å². The Morgan fingerprint density at radius 2 is 2.26 bits per heavy atom. The molecule has 1 N–H and O–H groups in total. The molecule has 2 rings (SSSR count). The van der Waals surface area contributed by atoms with Gasteiger partial charge in [-0.25, -0.2) is 9.37 Å². The third kappa shape index (κ3) is 3.01. The molecular weight excluding hydrogens is 315 g/mol. The number of aryl methyl sites for hydroxylation is 1. The summed E-state index contributed by atoms with van der Waals surface area (Å²) >= 11 is 3.40. The maximum Gasteiger partial charge on any atom is 0.303 e. The standard InChI is InChI=1S/C13H12BrFN2O2/c1-17-10(5-6-11(18)19)16-12(13(17)14)8-3-2-4-9(15)7-8/h2-4,7H,5-6H2,1H3,(H,18,19). The summed E-state index contributed by atoms with van der Waals surface area (Å²) in [5.74, 6) is -0.554. The Morgan fingerprint density at radius 3 is 2.89 bits per heavy atom. The number of aromatic nitrogens is 2. The van der Waals surface area contributed by atoms with Crippen molar-refractivity contribution in [1.82, 2.24) is 9.55 Å². The van der Waals surface area contributed by atoms with Crippen LogP contribution in [0.5, 0.6) is 0 Å². The molecule has 0 spiro atoms. The Labute approximate surface area is 118 Å². The zero-order valence-corrected chi connectivity index (χ0v) is 11.8. The van der Waals surface area contributed by atoms with E-state index in [9.17, 15) is 9.18 Å².